The van der Waals surface area contributed by atoms with E-state index < -0.39 is 0 Å². The van der Waals surface area contributed by atoms with Crippen LogP contribution >= 0.6 is 15.9 Å². The van der Waals surface area contributed by atoms with Crippen molar-refractivity contribution in [3.63, 3.8) is 0 Å². The molecule has 1 rings (SSSR count). The highest BCUT2D eigenvalue weighted by molar-refractivity contribution is 9.10. The van der Waals surface area contributed by atoms with Gasteiger partial charge in [0.05, 0.1) is 4.47 Å². The predicted molar refractivity (Wildman–Crippen MR) is 78.2 cm³/mol. The maximum Gasteiger partial charge on any atom is 0.137 e. The van der Waals surface area contributed by atoms with Crippen LogP contribution in [0.5, 0.6) is 0 Å². The second kappa shape index (κ2) is 7.22. The van der Waals surface area contributed by atoms with Crippen LogP contribution in [0.15, 0.2) is 22.7 Å². The summed E-state index contributed by atoms with van der Waals surface area (Å²) in [6.07, 6.45) is 1.08. The standard InChI is InChI=1S/C14H22BrFN2/c1-14(2,3)18-8-4-7-17-10-11-5-6-13(16)12(15)9-11/h5-6,9,17-18H,4,7-8,10H2,1-3H3. The van der Waals surface area contributed by atoms with Crippen LogP contribution < -0.4 is 10.6 Å². The maximum atomic E-state index is 13.0. The fourth-order valence-corrected chi connectivity index (χ4v) is 1.99. The van der Waals surface area contributed by atoms with E-state index >= 15 is 0 Å². The van der Waals surface area contributed by atoms with E-state index in [0.29, 0.717) is 4.47 Å². The molecule has 0 bridgehead atoms. The van der Waals surface area contributed by atoms with Gasteiger partial charge in [0.2, 0.25) is 0 Å². The molecule has 0 saturated carbocycles. The van der Waals surface area contributed by atoms with Gasteiger partial charge in [-0.15, -0.1) is 0 Å². The van der Waals surface area contributed by atoms with Crippen molar-refractivity contribution in [1.82, 2.24) is 10.6 Å². The molecule has 2 N–H and O–H groups in total. The molecule has 0 amide bonds. The summed E-state index contributed by atoms with van der Waals surface area (Å²) in [5, 5.41) is 6.79. The number of halogens is 2. The van der Waals surface area contributed by atoms with Crippen LogP contribution in [0.4, 0.5) is 4.39 Å². The Morgan fingerprint density at radius 2 is 1.94 bits per heavy atom. The molecule has 0 atom stereocenters. The topological polar surface area (TPSA) is 24.1 Å². The van der Waals surface area contributed by atoms with E-state index in [1.165, 1.54) is 6.07 Å². The lowest BCUT2D eigenvalue weighted by Crippen LogP contribution is -2.37. The molecular weight excluding hydrogens is 295 g/mol. The molecule has 0 aliphatic carbocycles. The minimum absolute atomic E-state index is 0.182. The third-order valence-corrected chi connectivity index (χ3v) is 3.11. The molecule has 1 aromatic carbocycles. The van der Waals surface area contributed by atoms with E-state index in [4.69, 9.17) is 0 Å². The maximum absolute atomic E-state index is 13.0. The molecule has 0 unspecified atom stereocenters. The molecule has 0 fully saturated rings. The molecule has 18 heavy (non-hydrogen) atoms. The average Bonchev–Trinajstić information content (AvgIpc) is 2.26. The number of hydrogen-bond donors (Lipinski definition) is 2. The van der Waals surface area contributed by atoms with Gasteiger partial charge in [-0.1, -0.05) is 6.07 Å². The van der Waals surface area contributed by atoms with Gasteiger partial charge in [-0.25, -0.2) is 4.39 Å². The van der Waals surface area contributed by atoms with E-state index in [-0.39, 0.29) is 11.4 Å². The van der Waals surface area contributed by atoms with Gasteiger partial charge >= 0.3 is 0 Å². The third kappa shape index (κ3) is 6.47. The molecule has 4 heteroatoms. The molecule has 0 spiro atoms. The van der Waals surface area contributed by atoms with Crippen LogP contribution in [0.25, 0.3) is 0 Å². The lowest BCUT2D eigenvalue weighted by atomic mass is 10.1. The summed E-state index contributed by atoms with van der Waals surface area (Å²) >= 11 is 3.19. The molecule has 0 aliphatic heterocycles. The summed E-state index contributed by atoms with van der Waals surface area (Å²) in [4.78, 5) is 0. The Labute approximate surface area is 117 Å². The number of hydrogen-bond acceptors (Lipinski definition) is 2. The predicted octanol–water partition coefficient (Wildman–Crippen LogP) is 3.46. The van der Waals surface area contributed by atoms with Crippen LogP contribution in [-0.2, 0) is 6.54 Å². The zero-order valence-electron chi connectivity index (χ0n) is 11.3. The molecule has 0 aromatic heterocycles. The van der Waals surface area contributed by atoms with Crippen LogP contribution in [0.3, 0.4) is 0 Å². The average molecular weight is 317 g/mol. The first-order valence-electron chi connectivity index (χ1n) is 6.28. The largest absolute Gasteiger partial charge is 0.313 e. The van der Waals surface area contributed by atoms with Gasteiger partial charge in [0.15, 0.2) is 0 Å². The quantitative estimate of drug-likeness (QED) is 0.785. The minimum Gasteiger partial charge on any atom is -0.313 e. The van der Waals surface area contributed by atoms with Gasteiger partial charge in [-0.2, -0.15) is 0 Å². The molecule has 0 heterocycles. The highest BCUT2D eigenvalue weighted by Crippen LogP contribution is 2.16. The van der Waals surface area contributed by atoms with Crippen molar-refractivity contribution in [2.75, 3.05) is 13.1 Å². The van der Waals surface area contributed by atoms with Crippen molar-refractivity contribution >= 4 is 15.9 Å². The first-order valence-corrected chi connectivity index (χ1v) is 7.07. The first kappa shape index (κ1) is 15.6. The van der Waals surface area contributed by atoms with Gasteiger partial charge in [0.1, 0.15) is 5.82 Å². The van der Waals surface area contributed by atoms with Crippen LogP contribution in [0.2, 0.25) is 0 Å². The Balaban J connectivity index is 2.16. The highest BCUT2D eigenvalue weighted by atomic mass is 79.9. The van der Waals surface area contributed by atoms with E-state index in [1.807, 2.05) is 6.07 Å². The van der Waals surface area contributed by atoms with Crippen molar-refractivity contribution < 1.29 is 4.39 Å². The Morgan fingerprint density at radius 1 is 1.22 bits per heavy atom. The molecule has 102 valence electrons. The summed E-state index contributed by atoms with van der Waals surface area (Å²) in [7, 11) is 0. The van der Waals surface area contributed by atoms with Gasteiger partial charge in [0.25, 0.3) is 0 Å². The molecule has 0 radical (unpaired) electrons. The van der Waals surface area contributed by atoms with Gasteiger partial charge in [-0.05, 0) is 73.9 Å². The summed E-state index contributed by atoms with van der Waals surface area (Å²) in [6.45, 7) is 9.22. The number of benzene rings is 1. The first-order chi connectivity index (χ1) is 8.38. The van der Waals surface area contributed by atoms with Crippen molar-refractivity contribution in [1.29, 1.82) is 0 Å². The zero-order chi connectivity index (χ0) is 13.6. The van der Waals surface area contributed by atoms with Crippen molar-refractivity contribution in [3.05, 3.63) is 34.1 Å². The smallest absolute Gasteiger partial charge is 0.137 e. The van der Waals surface area contributed by atoms with Gasteiger partial charge in [0, 0.05) is 12.1 Å². The fourth-order valence-electron chi connectivity index (χ4n) is 1.56. The van der Waals surface area contributed by atoms with E-state index in [1.54, 1.807) is 6.07 Å². The fraction of sp³-hybridized carbons (Fsp3) is 0.571. The Kier molecular flexibility index (Phi) is 6.26. The highest BCUT2D eigenvalue weighted by Gasteiger charge is 2.06. The Bertz CT molecular complexity index is 375. The van der Waals surface area contributed by atoms with Gasteiger partial charge < -0.3 is 10.6 Å². The van der Waals surface area contributed by atoms with Gasteiger partial charge in [-0.3, -0.25) is 0 Å². The number of nitrogens with one attached hydrogen (secondary N) is 2. The summed E-state index contributed by atoms with van der Waals surface area (Å²) in [5.41, 5.74) is 1.27. The summed E-state index contributed by atoms with van der Waals surface area (Å²) < 4.78 is 13.5. The van der Waals surface area contributed by atoms with Crippen molar-refractivity contribution in [2.24, 2.45) is 0 Å². The monoisotopic (exact) mass is 316 g/mol. The van der Waals surface area contributed by atoms with E-state index in [2.05, 4.69) is 47.3 Å². The van der Waals surface area contributed by atoms with Crippen LogP contribution in [0.1, 0.15) is 32.8 Å². The second-order valence-corrected chi connectivity index (χ2v) is 6.31. The lowest BCUT2D eigenvalue weighted by molar-refractivity contribution is 0.418. The lowest BCUT2D eigenvalue weighted by Gasteiger charge is -2.20. The molecule has 2 nitrogen and oxygen atoms in total. The number of rotatable bonds is 6. The normalized spacial score (nSPS) is 11.8. The van der Waals surface area contributed by atoms with Crippen molar-refractivity contribution in [2.45, 2.75) is 39.3 Å². The van der Waals surface area contributed by atoms with Crippen LogP contribution in [0, 0.1) is 5.82 Å². The minimum atomic E-state index is -0.215. The molecule has 1 aromatic rings. The van der Waals surface area contributed by atoms with E-state index in [9.17, 15) is 4.39 Å². The van der Waals surface area contributed by atoms with Crippen molar-refractivity contribution in [3.8, 4) is 0 Å². The SMILES string of the molecule is CC(C)(C)NCCCNCc1ccc(F)c(Br)c1. The molecule has 0 saturated heterocycles. The third-order valence-electron chi connectivity index (χ3n) is 2.50. The van der Waals surface area contributed by atoms with Crippen LogP contribution in [-0.4, -0.2) is 18.6 Å². The summed E-state index contributed by atoms with van der Waals surface area (Å²) in [6, 6.07) is 5.11. The Hall–Kier alpha value is -0.450. The van der Waals surface area contributed by atoms with E-state index in [0.717, 1.165) is 31.6 Å². The molecule has 0 aliphatic rings. The zero-order valence-corrected chi connectivity index (χ0v) is 12.9. The Morgan fingerprint density at radius 3 is 2.56 bits per heavy atom. The second-order valence-electron chi connectivity index (χ2n) is 5.46. The molecular formula is C14H22BrFN2. The summed E-state index contributed by atoms with van der Waals surface area (Å²) in [5.74, 6) is -0.215.